The van der Waals surface area contributed by atoms with Crippen LogP contribution in [-0.4, -0.2) is 36.4 Å². The number of hydrogen-bond donors (Lipinski definition) is 0. The third kappa shape index (κ3) is 3.81. The van der Waals surface area contributed by atoms with Crippen LogP contribution in [0.15, 0.2) is 47.5 Å². The van der Waals surface area contributed by atoms with Gasteiger partial charge in [-0.2, -0.15) is 0 Å². The number of benzene rings is 1. The minimum absolute atomic E-state index is 0.236. The number of ether oxygens (including phenoxy) is 1. The van der Waals surface area contributed by atoms with Gasteiger partial charge in [0.15, 0.2) is 0 Å². The van der Waals surface area contributed by atoms with E-state index in [9.17, 15) is 9.59 Å². The normalized spacial score (nSPS) is 20.0. The number of hydrogen-bond acceptors (Lipinski definition) is 5. The van der Waals surface area contributed by atoms with Crippen LogP contribution in [0, 0.1) is 5.92 Å². The fourth-order valence-corrected chi connectivity index (χ4v) is 4.78. The third-order valence-electron chi connectivity index (χ3n) is 5.35. The fourth-order valence-electron chi connectivity index (χ4n) is 4.01. The predicted octanol–water partition coefficient (Wildman–Crippen LogP) is 4.55. The van der Waals surface area contributed by atoms with Crippen LogP contribution >= 0.6 is 11.3 Å². The Labute approximate surface area is 175 Å². The largest absolute Gasteiger partial charge is 0.494 e. The molecular formula is C23H26N2O3S. The number of anilines is 1. The van der Waals surface area contributed by atoms with Gasteiger partial charge in [-0.25, -0.2) is 4.90 Å². The Balaban J connectivity index is 1.73. The Morgan fingerprint density at radius 1 is 1.17 bits per heavy atom. The summed E-state index contributed by atoms with van der Waals surface area (Å²) in [6.45, 7) is 6.45. The molecule has 0 aliphatic carbocycles. The maximum absolute atomic E-state index is 13.5. The second-order valence-corrected chi connectivity index (χ2v) is 8.63. The van der Waals surface area contributed by atoms with Gasteiger partial charge >= 0.3 is 0 Å². The van der Waals surface area contributed by atoms with E-state index in [-0.39, 0.29) is 11.8 Å². The van der Waals surface area contributed by atoms with Crippen molar-refractivity contribution in [2.24, 2.45) is 5.92 Å². The zero-order valence-electron chi connectivity index (χ0n) is 16.9. The van der Waals surface area contributed by atoms with Crippen LogP contribution in [0.2, 0.25) is 0 Å². The van der Waals surface area contributed by atoms with Crippen molar-refractivity contribution in [3.8, 4) is 5.75 Å². The van der Waals surface area contributed by atoms with Crippen molar-refractivity contribution in [2.75, 3.05) is 24.6 Å². The highest BCUT2D eigenvalue weighted by molar-refractivity contribution is 7.11. The predicted molar refractivity (Wildman–Crippen MR) is 116 cm³/mol. The van der Waals surface area contributed by atoms with Crippen molar-refractivity contribution >= 4 is 34.4 Å². The van der Waals surface area contributed by atoms with Gasteiger partial charge < -0.3 is 9.64 Å². The van der Waals surface area contributed by atoms with E-state index in [1.807, 2.05) is 36.6 Å². The van der Waals surface area contributed by atoms with Gasteiger partial charge in [-0.1, -0.05) is 26.0 Å². The average molecular weight is 411 g/mol. The van der Waals surface area contributed by atoms with Gasteiger partial charge in [0.25, 0.3) is 11.8 Å². The minimum Gasteiger partial charge on any atom is -0.494 e. The van der Waals surface area contributed by atoms with Crippen LogP contribution in [0.1, 0.15) is 38.0 Å². The SMILES string of the molecule is CCCOc1cccc(N2C(=O)C(c3cccs3)=C(N3CCCC(C)C3)C2=O)c1. The van der Waals surface area contributed by atoms with Gasteiger partial charge in [-0.3, -0.25) is 9.59 Å². The molecule has 6 heteroatoms. The number of rotatable bonds is 6. The molecule has 2 aromatic rings. The van der Waals surface area contributed by atoms with Crippen molar-refractivity contribution in [3.63, 3.8) is 0 Å². The van der Waals surface area contributed by atoms with Crippen LogP contribution < -0.4 is 9.64 Å². The molecule has 1 atom stereocenters. The number of imide groups is 1. The van der Waals surface area contributed by atoms with E-state index in [2.05, 4.69) is 11.8 Å². The second-order valence-electron chi connectivity index (χ2n) is 7.69. The molecule has 3 heterocycles. The highest BCUT2D eigenvalue weighted by atomic mass is 32.1. The first kappa shape index (κ1) is 19.7. The van der Waals surface area contributed by atoms with E-state index in [0.717, 1.165) is 37.2 Å². The molecule has 2 aliphatic heterocycles. The number of likely N-dealkylation sites (tertiary alicyclic amines) is 1. The molecule has 0 spiro atoms. The summed E-state index contributed by atoms with van der Waals surface area (Å²) in [4.78, 5) is 31.2. The van der Waals surface area contributed by atoms with Gasteiger partial charge in [0.2, 0.25) is 0 Å². The summed E-state index contributed by atoms with van der Waals surface area (Å²) in [5, 5.41) is 1.94. The van der Waals surface area contributed by atoms with E-state index in [4.69, 9.17) is 4.74 Å². The molecular weight excluding hydrogens is 384 g/mol. The summed E-state index contributed by atoms with van der Waals surface area (Å²) in [6.07, 6.45) is 3.08. The van der Waals surface area contributed by atoms with E-state index in [1.165, 1.54) is 16.2 Å². The van der Waals surface area contributed by atoms with E-state index in [0.29, 0.717) is 35.2 Å². The van der Waals surface area contributed by atoms with Gasteiger partial charge in [0, 0.05) is 24.0 Å². The van der Waals surface area contributed by atoms with Gasteiger partial charge in [-0.05, 0) is 48.8 Å². The summed E-state index contributed by atoms with van der Waals surface area (Å²) >= 11 is 1.50. The molecule has 0 radical (unpaired) electrons. The number of amides is 2. The van der Waals surface area contributed by atoms with Crippen molar-refractivity contribution in [1.82, 2.24) is 4.90 Å². The molecule has 0 saturated carbocycles. The zero-order valence-corrected chi connectivity index (χ0v) is 17.7. The molecule has 2 aliphatic rings. The standard InChI is InChI=1S/C23H26N2O3S/c1-3-12-28-18-9-4-8-17(14-18)25-22(26)20(19-10-6-13-29-19)21(23(25)27)24-11-5-7-16(2)15-24/h4,6,8-10,13-14,16H,3,5,7,11-12,15H2,1-2H3. The van der Waals surface area contributed by atoms with Crippen molar-refractivity contribution in [3.05, 3.63) is 52.4 Å². The smallest absolute Gasteiger partial charge is 0.282 e. The van der Waals surface area contributed by atoms with Gasteiger partial charge in [0.1, 0.15) is 11.4 Å². The first-order valence-corrected chi connectivity index (χ1v) is 11.1. The number of thiophene rings is 1. The van der Waals surface area contributed by atoms with Gasteiger partial charge in [-0.15, -0.1) is 11.3 Å². The zero-order chi connectivity index (χ0) is 20.4. The van der Waals surface area contributed by atoms with Crippen LogP contribution in [0.5, 0.6) is 5.75 Å². The monoisotopic (exact) mass is 410 g/mol. The summed E-state index contributed by atoms with van der Waals surface area (Å²) in [5.41, 5.74) is 1.63. The number of nitrogens with zero attached hydrogens (tertiary/aromatic N) is 2. The lowest BCUT2D eigenvalue weighted by molar-refractivity contribution is -0.120. The Hall–Kier alpha value is -2.60. The molecule has 0 N–H and O–H groups in total. The van der Waals surface area contributed by atoms with E-state index < -0.39 is 0 Å². The lowest BCUT2D eigenvalue weighted by atomic mass is 9.99. The Kier molecular flexibility index (Phi) is 5.72. The van der Waals surface area contributed by atoms with Crippen LogP contribution in [0.3, 0.4) is 0 Å². The third-order valence-corrected chi connectivity index (χ3v) is 6.24. The molecule has 1 aromatic heterocycles. The molecule has 152 valence electrons. The lowest BCUT2D eigenvalue weighted by Gasteiger charge is -2.33. The summed E-state index contributed by atoms with van der Waals surface area (Å²) in [6, 6.07) is 11.1. The average Bonchev–Trinajstić information content (AvgIpc) is 3.32. The Bertz CT molecular complexity index is 935. The van der Waals surface area contributed by atoms with Crippen molar-refractivity contribution in [1.29, 1.82) is 0 Å². The maximum Gasteiger partial charge on any atom is 0.282 e. The highest BCUT2D eigenvalue weighted by Gasteiger charge is 2.43. The quantitative estimate of drug-likeness (QED) is 0.656. The van der Waals surface area contributed by atoms with E-state index >= 15 is 0 Å². The number of piperidine rings is 1. The van der Waals surface area contributed by atoms with Crippen LogP contribution in [0.4, 0.5) is 5.69 Å². The van der Waals surface area contributed by atoms with E-state index in [1.54, 1.807) is 12.1 Å². The molecule has 0 bridgehead atoms. The molecule has 1 fully saturated rings. The highest BCUT2D eigenvalue weighted by Crippen LogP contribution is 2.38. The first-order chi connectivity index (χ1) is 14.1. The Morgan fingerprint density at radius 2 is 2.03 bits per heavy atom. The molecule has 2 amide bonds. The number of carbonyl (C=O) groups is 2. The molecule has 4 rings (SSSR count). The lowest BCUT2D eigenvalue weighted by Crippen LogP contribution is -2.39. The molecule has 5 nitrogen and oxygen atoms in total. The summed E-state index contributed by atoms with van der Waals surface area (Å²) in [7, 11) is 0. The van der Waals surface area contributed by atoms with Crippen LogP contribution in [-0.2, 0) is 9.59 Å². The van der Waals surface area contributed by atoms with Gasteiger partial charge in [0.05, 0.1) is 17.9 Å². The molecule has 29 heavy (non-hydrogen) atoms. The Morgan fingerprint density at radius 3 is 2.76 bits per heavy atom. The molecule has 1 unspecified atom stereocenters. The second kappa shape index (κ2) is 8.41. The molecule has 1 saturated heterocycles. The minimum atomic E-state index is -0.252. The first-order valence-electron chi connectivity index (χ1n) is 10.2. The van der Waals surface area contributed by atoms with Crippen LogP contribution in [0.25, 0.3) is 5.57 Å². The van der Waals surface area contributed by atoms with Crippen molar-refractivity contribution < 1.29 is 14.3 Å². The fraction of sp³-hybridized carbons (Fsp3) is 0.391. The maximum atomic E-state index is 13.5. The topological polar surface area (TPSA) is 49.9 Å². The van der Waals surface area contributed by atoms with Crippen molar-refractivity contribution in [2.45, 2.75) is 33.1 Å². The molecule has 1 aromatic carbocycles. The number of carbonyl (C=O) groups excluding carboxylic acids is 2. The summed E-state index contributed by atoms with van der Waals surface area (Å²) in [5.74, 6) is 0.685. The summed E-state index contributed by atoms with van der Waals surface area (Å²) < 4.78 is 5.71.